The summed E-state index contributed by atoms with van der Waals surface area (Å²) < 4.78 is 2.21. The SMILES string of the molecule is CC[CH]=[W].[CH-]=C(C)CC.[CH2-]C.[W]. The molecule has 0 fully saturated rings. The van der Waals surface area contributed by atoms with E-state index >= 15 is 0 Å². The Bertz CT molecular complexity index is 77.9. The average molecular weight is 508 g/mol. The Hall–Kier alpha value is 0.987. The van der Waals surface area contributed by atoms with Crippen molar-refractivity contribution in [3.8, 4) is 0 Å². The summed E-state index contributed by atoms with van der Waals surface area (Å²) >= 11 is 1.58. The van der Waals surface area contributed by atoms with Gasteiger partial charge in [-0.1, -0.05) is 20.3 Å². The fourth-order valence-electron chi connectivity index (χ4n) is 0. The van der Waals surface area contributed by atoms with Crippen molar-refractivity contribution in [3.63, 3.8) is 0 Å². The second kappa shape index (κ2) is 29.6. The van der Waals surface area contributed by atoms with Crippen molar-refractivity contribution in [2.45, 2.75) is 40.5 Å². The molecule has 0 bridgehead atoms. The molecule has 0 aromatic rings. The number of hydrogen-bond acceptors (Lipinski definition) is 0. The molecule has 12 heavy (non-hydrogen) atoms. The van der Waals surface area contributed by atoms with E-state index in [4.69, 9.17) is 6.58 Å². The van der Waals surface area contributed by atoms with Crippen LogP contribution in [0.3, 0.4) is 0 Å². The average Bonchev–Trinajstić information content (AvgIpc) is 2.08. The predicted molar refractivity (Wildman–Crippen MR) is 51.2 cm³/mol. The van der Waals surface area contributed by atoms with Gasteiger partial charge >= 0.3 is 37.1 Å². The fraction of sp³-hybridized carbons (Fsp3) is 0.600. The molecule has 0 heterocycles. The van der Waals surface area contributed by atoms with Gasteiger partial charge in [-0.3, -0.25) is 5.57 Å². The van der Waals surface area contributed by atoms with E-state index < -0.39 is 0 Å². The smallest absolute Gasteiger partial charge is 0 e. The van der Waals surface area contributed by atoms with Crippen LogP contribution >= 0.6 is 0 Å². The zero-order valence-electron chi connectivity index (χ0n) is 8.59. The standard InChI is InChI=1S/C5H9.C3H6.C2H5.2W/c1-4-5(2)3;1-3-2;1-2;;/h2H,4H2,1,3H3;1H,3H2,2H3;1H2,2H3;;/q-1;;-1;;. The first-order valence-corrected chi connectivity index (χ1v) is 5.60. The fourth-order valence-corrected chi connectivity index (χ4v) is 0. The summed E-state index contributed by atoms with van der Waals surface area (Å²) in [5.41, 5.74) is 1.00. The van der Waals surface area contributed by atoms with Gasteiger partial charge in [0.25, 0.3) is 0 Å². The summed E-state index contributed by atoms with van der Waals surface area (Å²) in [6.45, 7) is 16.3. The Morgan fingerprint density at radius 1 is 1.42 bits per heavy atom. The molecule has 0 aliphatic heterocycles. The van der Waals surface area contributed by atoms with Crippen LogP contribution in [0.4, 0.5) is 0 Å². The van der Waals surface area contributed by atoms with Crippen molar-refractivity contribution in [2.75, 3.05) is 0 Å². The molecule has 0 nitrogen and oxygen atoms in total. The maximum Gasteiger partial charge on any atom is 0 e. The first-order valence-electron chi connectivity index (χ1n) is 3.91. The Balaban J connectivity index is -0.0000000419. The molecular formula is C10H20W2-2. The van der Waals surface area contributed by atoms with Crippen LogP contribution in [0.15, 0.2) is 5.57 Å². The Morgan fingerprint density at radius 2 is 1.58 bits per heavy atom. The maximum absolute atomic E-state index is 5.21. The third kappa shape index (κ3) is 68.9. The predicted octanol–water partition coefficient (Wildman–Crippen LogP) is 3.36. The molecule has 0 atom stereocenters. The van der Waals surface area contributed by atoms with E-state index in [9.17, 15) is 0 Å². The zero-order valence-corrected chi connectivity index (χ0v) is 14.5. The van der Waals surface area contributed by atoms with E-state index in [0.29, 0.717) is 0 Å². The van der Waals surface area contributed by atoms with Crippen molar-refractivity contribution >= 4 is 4.40 Å². The van der Waals surface area contributed by atoms with Crippen LogP contribution < -0.4 is 0 Å². The van der Waals surface area contributed by atoms with Crippen LogP contribution in [0.5, 0.6) is 0 Å². The first kappa shape index (κ1) is 23.1. The molecule has 0 aromatic heterocycles. The number of allylic oxidation sites excluding steroid dienone is 1. The summed E-state index contributed by atoms with van der Waals surface area (Å²) in [6.07, 6.45) is 2.23. The van der Waals surface area contributed by atoms with Crippen molar-refractivity contribution in [1.82, 2.24) is 0 Å². The van der Waals surface area contributed by atoms with Crippen LogP contribution in [0.2, 0.25) is 0 Å². The van der Waals surface area contributed by atoms with Crippen molar-refractivity contribution < 1.29 is 40.4 Å². The molecule has 0 radical (unpaired) electrons. The molecule has 0 aliphatic rings. The third-order valence-corrected chi connectivity index (χ3v) is 1.92. The first-order chi connectivity index (χ1) is 5.18. The van der Waals surface area contributed by atoms with Gasteiger partial charge in [-0.25, -0.2) is 0 Å². The second-order valence-electron chi connectivity index (χ2n) is 1.77. The van der Waals surface area contributed by atoms with E-state index in [1.165, 1.54) is 6.42 Å². The van der Waals surface area contributed by atoms with Crippen LogP contribution in [-0.2, 0) is 40.4 Å². The third-order valence-electron chi connectivity index (χ3n) is 0.724. The molecule has 74 valence electrons. The summed E-state index contributed by atoms with van der Waals surface area (Å²) in [5.74, 6) is 0. The maximum atomic E-state index is 5.21. The number of hydrogen-bond donors (Lipinski definition) is 0. The molecular weight excluding hydrogens is 488 g/mol. The number of rotatable bonds is 2. The minimum Gasteiger partial charge on any atom is -0.515 e. The Kier molecular flexibility index (Phi) is 57.1. The summed E-state index contributed by atoms with van der Waals surface area (Å²) in [4.78, 5) is 0. The molecule has 0 saturated heterocycles. The minimum atomic E-state index is 0. The van der Waals surface area contributed by atoms with E-state index in [0.717, 1.165) is 12.0 Å². The molecule has 0 saturated carbocycles. The largest absolute Gasteiger partial charge is 0.515 e. The van der Waals surface area contributed by atoms with Gasteiger partial charge in [0.05, 0.1) is 0 Å². The van der Waals surface area contributed by atoms with Crippen molar-refractivity contribution in [1.29, 1.82) is 0 Å². The van der Waals surface area contributed by atoms with Crippen LogP contribution in [-0.4, -0.2) is 4.40 Å². The molecule has 2 heteroatoms. The van der Waals surface area contributed by atoms with Crippen LogP contribution in [0, 0.1) is 13.5 Å². The van der Waals surface area contributed by atoms with E-state index in [-0.39, 0.29) is 21.1 Å². The summed E-state index contributed by atoms with van der Waals surface area (Å²) in [5, 5.41) is 0. The Morgan fingerprint density at radius 3 is 1.58 bits per heavy atom. The summed E-state index contributed by atoms with van der Waals surface area (Å²) in [6, 6.07) is 0. The zero-order chi connectivity index (χ0) is 9.70. The molecule has 0 rings (SSSR count). The molecule has 0 aliphatic carbocycles. The minimum absolute atomic E-state index is 0. The van der Waals surface area contributed by atoms with Gasteiger partial charge in [0.2, 0.25) is 0 Å². The second-order valence-corrected chi connectivity index (χ2v) is 2.97. The Labute approximate surface area is 104 Å². The van der Waals surface area contributed by atoms with Gasteiger partial charge in [0.1, 0.15) is 0 Å². The van der Waals surface area contributed by atoms with Crippen molar-refractivity contribution in [2.24, 2.45) is 0 Å². The van der Waals surface area contributed by atoms with Gasteiger partial charge in [0.15, 0.2) is 0 Å². The van der Waals surface area contributed by atoms with E-state index in [2.05, 4.69) is 18.2 Å². The quantitative estimate of drug-likeness (QED) is 0.503. The molecule has 0 unspecified atom stereocenters. The van der Waals surface area contributed by atoms with Gasteiger partial charge in [0, 0.05) is 21.1 Å². The summed E-state index contributed by atoms with van der Waals surface area (Å²) in [7, 11) is 0. The van der Waals surface area contributed by atoms with Gasteiger partial charge in [-0.2, -0.15) is 6.92 Å². The van der Waals surface area contributed by atoms with E-state index in [1.54, 1.807) is 26.3 Å². The van der Waals surface area contributed by atoms with Gasteiger partial charge in [-0.05, 0) is 0 Å². The van der Waals surface area contributed by atoms with E-state index in [1.807, 2.05) is 13.8 Å². The van der Waals surface area contributed by atoms with Crippen LogP contribution in [0.25, 0.3) is 0 Å². The molecule has 0 amide bonds. The monoisotopic (exact) mass is 508 g/mol. The molecule has 0 N–H and O–H groups in total. The van der Waals surface area contributed by atoms with Crippen molar-refractivity contribution in [3.05, 3.63) is 19.1 Å². The van der Waals surface area contributed by atoms with Gasteiger partial charge < -0.3 is 13.5 Å². The van der Waals surface area contributed by atoms with Crippen LogP contribution in [0.1, 0.15) is 40.5 Å². The molecule has 0 spiro atoms. The topological polar surface area (TPSA) is 0 Å². The normalized spacial score (nSPS) is 5.75. The molecule has 0 aromatic carbocycles. The van der Waals surface area contributed by atoms with Gasteiger partial charge in [-0.15, -0.1) is 0 Å².